The van der Waals surface area contributed by atoms with E-state index < -0.39 is 0 Å². The lowest BCUT2D eigenvalue weighted by atomic mass is 10.3. The maximum atomic E-state index is 11.8. The van der Waals surface area contributed by atoms with Crippen molar-refractivity contribution >= 4 is 23.4 Å². The third kappa shape index (κ3) is 2.54. The molecule has 0 N–H and O–H groups in total. The minimum atomic E-state index is 0. The molecule has 0 spiro atoms. The van der Waals surface area contributed by atoms with E-state index in [0.717, 1.165) is 0 Å². The number of rotatable bonds is 3. The van der Waals surface area contributed by atoms with Crippen LogP contribution in [0.5, 0.6) is 0 Å². The Labute approximate surface area is 103 Å². The van der Waals surface area contributed by atoms with Gasteiger partial charge in [-0.2, -0.15) is 4.85 Å². The molecule has 0 bridgehead atoms. The van der Waals surface area contributed by atoms with Crippen molar-refractivity contribution in [2.45, 2.75) is 6.42 Å². The SMILES string of the molecule is COCCc1nn([O-])c2ccccc2[n+]1=O.Cl. The first-order valence-electron chi connectivity index (χ1n) is 4.84. The van der Waals surface area contributed by atoms with Gasteiger partial charge in [-0.1, -0.05) is 17.0 Å². The van der Waals surface area contributed by atoms with E-state index in [0.29, 0.717) is 27.8 Å². The Morgan fingerprint density at radius 3 is 2.88 bits per heavy atom. The van der Waals surface area contributed by atoms with E-state index in [4.69, 9.17) is 4.74 Å². The lowest BCUT2D eigenvalue weighted by Crippen LogP contribution is -2.28. The molecule has 92 valence electrons. The zero-order valence-electron chi connectivity index (χ0n) is 9.20. The molecule has 0 radical (unpaired) electrons. The summed E-state index contributed by atoms with van der Waals surface area (Å²) in [6.07, 6.45) is 0.313. The molecule has 2 rings (SSSR count). The Hall–Kier alpha value is -1.66. The number of benzene rings is 1. The molecule has 7 heteroatoms. The highest BCUT2D eigenvalue weighted by molar-refractivity contribution is 5.85. The number of para-hydroxylation sites is 2. The minimum Gasteiger partial charge on any atom is -0.772 e. The second kappa shape index (κ2) is 5.60. The van der Waals surface area contributed by atoms with Crippen molar-refractivity contribution in [3.8, 4) is 0 Å². The number of hydrogen-bond acceptors (Lipinski definition) is 4. The summed E-state index contributed by atoms with van der Waals surface area (Å²) in [6.45, 7) is 0.355. The molecule has 0 fully saturated rings. The Balaban J connectivity index is 0.00000144. The normalized spacial score (nSPS) is 10.2. The third-order valence-electron chi connectivity index (χ3n) is 2.28. The molecule has 0 amide bonds. The molecule has 0 aliphatic carbocycles. The quantitative estimate of drug-likeness (QED) is 0.766. The zero-order chi connectivity index (χ0) is 11.5. The van der Waals surface area contributed by atoms with Gasteiger partial charge in [-0.25, -0.2) is 0 Å². The average molecular weight is 258 g/mol. The lowest BCUT2D eigenvalue weighted by molar-refractivity contribution is -0.480. The van der Waals surface area contributed by atoms with E-state index in [2.05, 4.69) is 5.10 Å². The van der Waals surface area contributed by atoms with Crippen molar-refractivity contribution in [3.05, 3.63) is 40.2 Å². The highest BCUT2D eigenvalue weighted by Gasteiger charge is 2.15. The summed E-state index contributed by atoms with van der Waals surface area (Å²) in [5.41, 5.74) is 0.581. The van der Waals surface area contributed by atoms with E-state index >= 15 is 0 Å². The maximum Gasteiger partial charge on any atom is 0.369 e. The largest absolute Gasteiger partial charge is 0.772 e. The van der Waals surface area contributed by atoms with Crippen LogP contribution >= 0.6 is 12.4 Å². The molecule has 0 aliphatic rings. The van der Waals surface area contributed by atoms with E-state index in [1.165, 1.54) is 7.11 Å². The first kappa shape index (κ1) is 13.4. The van der Waals surface area contributed by atoms with Crippen molar-refractivity contribution in [3.63, 3.8) is 0 Å². The van der Waals surface area contributed by atoms with Crippen LogP contribution in [0.1, 0.15) is 5.82 Å². The molecule has 1 aromatic carbocycles. The summed E-state index contributed by atoms with van der Waals surface area (Å²) in [4.78, 5) is 12.3. The average Bonchev–Trinajstić information content (AvgIpc) is 2.32. The van der Waals surface area contributed by atoms with Crippen molar-refractivity contribution in [1.29, 1.82) is 0 Å². The minimum absolute atomic E-state index is 0. The van der Waals surface area contributed by atoms with Gasteiger partial charge in [-0.15, -0.1) is 12.4 Å². The highest BCUT2D eigenvalue weighted by atomic mass is 35.5. The van der Waals surface area contributed by atoms with Crippen LogP contribution in [0.15, 0.2) is 24.3 Å². The smallest absolute Gasteiger partial charge is 0.369 e. The van der Waals surface area contributed by atoms with Crippen LogP contribution in [0, 0.1) is 10.1 Å². The number of halogens is 1. The molecule has 0 unspecified atom stereocenters. The summed E-state index contributed by atoms with van der Waals surface area (Å²) in [7, 11) is 1.53. The van der Waals surface area contributed by atoms with Crippen LogP contribution in [-0.2, 0) is 11.2 Å². The van der Waals surface area contributed by atoms with Gasteiger partial charge in [0.05, 0.1) is 18.1 Å². The molecule has 0 saturated heterocycles. The molecular formula is C10H12ClN3O3. The lowest BCUT2D eigenvalue weighted by Gasteiger charge is -2.05. The van der Waals surface area contributed by atoms with Gasteiger partial charge in [-0.05, 0) is 12.1 Å². The first-order chi connectivity index (χ1) is 7.74. The second-order valence-corrected chi connectivity index (χ2v) is 3.32. The van der Waals surface area contributed by atoms with Crippen molar-refractivity contribution in [2.75, 3.05) is 13.7 Å². The monoisotopic (exact) mass is 257 g/mol. The summed E-state index contributed by atoms with van der Waals surface area (Å²) in [5, 5.41) is 15.2. The highest BCUT2D eigenvalue weighted by Crippen LogP contribution is 2.06. The summed E-state index contributed by atoms with van der Waals surface area (Å²) < 4.78 is 5.52. The molecule has 0 atom stereocenters. The molecule has 17 heavy (non-hydrogen) atoms. The Morgan fingerprint density at radius 1 is 1.47 bits per heavy atom. The fourth-order valence-electron chi connectivity index (χ4n) is 1.48. The second-order valence-electron chi connectivity index (χ2n) is 3.32. The molecule has 1 heterocycles. The van der Waals surface area contributed by atoms with Gasteiger partial charge in [-0.3, -0.25) is 0 Å². The number of nitrogens with zero attached hydrogens (tertiary/aromatic N) is 3. The van der Waals surface area contributed by atoms with E-state index in [1.807, 2.05) is 0 Å². The van der Waals surface area contributed by atoms with Gasteiger partial charge in [0.25, 0.3) is 0 Å². The predicted molar refractivity (Wildman–Crippen MR) is 64.7 cm³/mol. The Bertz CT molecular complexity index is 570. The first-order valence-corrected chi connectivity index (χ1v) is 4.84. The molecule has 0 aliphatic heterocycles. The van der Waals surface area contributed by atoms with Crippen molar-refractivity contribution < 1.29 is 9.16 Å². The van der Waals surface area contributed by atoms with Crippen LogP contribution in [0.2, 0.25) is 0 Å². The van der Waals surface area contributed by atoms with Crippen LogP contribution < -0.4 is 4.43 Å². The van der Waals surface area contributed by atoms with Crippen molar-refractivity contribution in [1.82, 2.24) is 9.94 Å². The standard InChI is InChI=1S/C10H11N3O3.ClH/c1-16-7-6-10-11-13(15)9-5-3-2-4-8(9)12(10)14;/h2-5H,6-7H2,1H3;1H. The fraction of sp³-hybridized carbons (Fsp3) is 0.300. The van der Waals surface area contributed by atoms with Crippen LogP contribution in [-0.4, -0.2) is 23.7 Å². The molecule has 6 nitrogen and oxygen atoms in total. The summed E-state index contributed by atoms with van der Waals surface area (Å²) >= 11 is 0. The number of methoxy groups -OCH3 is 1. The Kier molecular flexibility index (Phi) is 4.42. The van der Waals surface area contributed by atoms with Crippen LogP contribution in [0.3, 0.4) is 0 Å². The van der Waals surface area contributed by atoms with Crippen molar-refractivity contribution in [2.24, 2.45) is 0 Å². The van der Waals surface area contributed by atoms with E-state index in [1.54, 1.807) is 24.3 Å². The topological polar surface area (TPSA) is 73.1 Å². The van der Waals surface area contributed by atoms with Gasteiger partial charge < -0.3 is 9.94 Å². The number of aromatic nitrogens is 3. The van der Waals surface area contributed by atoms with Gasteiger partial charge in [0.2, 0.25) is 5.52 Å². The molecule has 0 saturated carbocycles. The molecular weight excluding hydrogens is 246 g/mol. The number of fused-ring (bicyclic) bond motifs is 1. The summed E-state index contributed by atoms with van der Waals surface area (Å²) in [6, 6.07) is 6.54. The van der Waals surface area contributed by atoms with E-state index in [-0.39, 0.29) is 23.7 Å². The van der Waals surface area contributed by atoms with Crippen LogP contribution in [0.4, 0.5) is 0 Å². The van der Waals surface area contributed by atoms with E-state index in [9.17, 15) is 10.1 Å². The zero-order valence-corrected chi connectivity index (χ0v) is 10.0. The molecule has 2 aromatic rings. The Morgan fingerprint density at radius 2 is 2.18 bits per heavy atom. The number of ether oxygens (including phenoxy) is 1. The number of hydrogen-bond donors (Lipinski definition) is 0. The van der Waals surface area contributed by atoms with Gasteiger partial charge in [0.1, 0.15) is 5.52 Å². The summed E-state index contributed by atoms with van der Waals surface area (Å²) in [5.74, 6) is 0.163. The van der Waals surface area contributed by atoms with Gasteiger partial charge >= 0.3 is 5.82 Å². The van der Waals surface area contributed by atoms with Gasteiger partial charge in [0.15, 0.2) is 0 Å². The molecule has 1 aromatic heterocycles. The predicted octanol–water partition coefficient (Wildman–Crippen LogP) is 0.907. The van der Waals surface area contributed by atoms with Gasteiger partial charge in [0, 0.05) is 11.5 Å². The van der Waals surface area contributed by atoms with Crippen LogP contribution in [0.25, 0.3) is 11.0 Å². The maximum absolute atomic E-state index is 11.8. The fourth-order valence-corrected chi connectivity index (χ4v) is 1.48. The third-order valence-corrected chi connectivity index (χ3v) is 2.28.